The van der Waals surface area contributed by atoms with Crippen LogP contribution in [0.15, 0.2) is 53.6 Å². The van der Waals surface area contributed by atoms with Crippen molar-refractivity contribution in [1.29, 1.82) is 5.26 Å². The molecule has 0 bridgehead atoms. The highest BCUT2D eigenvalue weighted by Crippen LogP contribution is 2.27. The van der Waals surface area contributed by atoms with Crippen LogP contribution >= 0.6 is 12.2 Å². The molecule has 0 radical (unpaired) electrons. The molecule has 0 aliphatic carbocycles. The van der Waals surface area contributed by atoms with Gasteiger partial charge in [0.1, 0.15) is 6.07 Å². The Morgan fingerprint density at radius 1 is 1.25 bits per heavy atom. The summed E-state index contributed by atoms with van der Waals surface area (Å²) in [5.41, 5.74) is 4.42. The first-order chi connectivity index (χ1) is 11.7. The minimum atomic E-state index is -0.0369. The van der Waals surface area contributed by atoms with Gasteiger partial charge in [0.15, 0.2) is 23.2 Å². The van der Waals surface area contributed by atoms with Crippen LogP contribution < -0.4 is 20.2 Å². The zero-order chi connectivity index (χ0) is 17.2. The third-order valence-corrected chi connectivity index (χ3v) is 3.08. The number of rotatable bonds is 6. The monoisotopic (exact) mass is 340 g/mol. The molecule has 7 heteroatoms. The first-order valence-corrected chi connectivity index (χ1v) is 7.46. The number of nitrogens with one attached hydrogen (secondary N) is 2. The van der Waals surface area contributed by atoms with Gasteiger partial charge in [-0.25, -0.2) is 0 Å². The molecule has 122 valence electrons. The number of para-hydroxylation sites is 1. The van der Waals surface area contributed by atoms with Gasteiger partial charge in [0.2, 0.25) is 0 Å². The number of methoxy groups -OCH3 is 1. The second-order valence-corrected chi connectivity index (χ2v) is 4.96. The summed E-state index contributed by atoms with van der Waals surface area (Å²) in [6.45, 7) is -0.0369. The maximum Gasteiger partial charge on any atom is 0.191 e. The van der Waals surface area contributed by atoms with E-state index in [1.807, 2.05) is 36.4 Å². The molecule has 0 aromatic heterocycles. The van der Waals surface area contributed by atoms with Crippen molar-refractivity contribution in [3.63, 3.8) is 0 Å². The molecule has 0 unspecified atom stereocenters. The molecule has 0 saturated carbocycles. The van der Waals surface area contributed by atoms with E-state index in [2.05, 4.69) is 15.8 Å². The van der Waals surface area contributed by atoms with Crippen LogP contribution in [0.2, 0.25) is 0 Å². The highest BCUT2D eigenvalue weighted by atomic mass is 32.1. The van der Waals surface area contributed by atoms with Crippen LogP contribution in [0, 0.1) is 11.3 Å². The summed E-state index contributed by atoms with van der Waals surface area (Å²) < 4.78 is 10.5. The largest absolute Gasteiger partial charge is 0.493 e. The zero-order valence-corrected chi connectivity index (χ0v) is 13.8. The Bertz CT molecular complexity index is 757. The normalized spacial score (nSPS) is 10.0. The fourth-order valence-corrected chi connectivity index (χ4v) is 2.01. The smallest absolute Gasteiger partial charge is 0.191 e. The van der Waals surface area contributed by atoms with Crippen molar-refractivity contribution in [3.05, 3.63) is 54.1 Å². The summed E-state index contributed by atoms with van der Waals surface area (Å²) >= 11 is 5.16. The lowest BCUT2D eigenvalue weighted by atomic mass is 10.2. The Hall–Kier alpha value is -3.11. The van der Waals surface area contributed by atoms with Crippen molar-refractivity contribution in [2.75, 3.05) is 19.0 Å². The standard InChI is InChI=1S/C17H16N4O2S/c1-22-16-11-13(7-8-15(16)23-10-9-18)12-19-21-17(24)20-14-5-3-2-4-6-14/h2-8,11-12H,10H2,1H3,(H2,20,21,24)/b19-12-. The molecule has 2 aromatic carbocycles. The molecule has 2 aromatic rings. The summed E-state index contributed by atoms with van der Waals surface area (Å²) in [5, 5.41) is 16.0. The van der Waals surface area contributed by atoms with Gasteiger partial charge in [-0.1, -0.05) is 18.2 Å². The number of anilines is 1. The van der Waals surface area contributed by atoms with E-state index in [0.29, 0.717) is 16.6 Å². The molecule has 0 fully saturated rings. The Kier molecular flexibility index (Phi) is 6.56. The van der Waals surface area contributed by atoms with Gasteiger partial charge >= 0.3 is 0 Å². The lowest BCUT2D eigenvalue weighted by Crippen LogP contribution is -2.23. The maximum absolute atomic E-state index is 8.56. The van der Waals surface area contributed by atoms with Crippen molar-refractivity contribution in [2.45, 2.75) is 0 Å². The molecule has 2 rings (SSSR count). The van der Waals surface area contributed by atoms with E-state index >= 15 is 0 Å². The van der Waals surface area contributed by atoms with Crippen molar-refractivity contribution >= 4 is 29.2 Å². The van der Waals surface area contributed by atoms with Crippen molar-refractivity contribution in [3.8, 4) is 17.6 Å². The molecule has 0 heterocycles. The van der Waals surface area contributed by atoms with Crippen molar-refractivity contribution in [1.82, 2.24) is 5.43 Å². The molecule has 0 saturated heterocycles. The van der Waals surface area contributed by atoms with Crippen molar-refractivity contribution < 1.29 is 9.47 Å². The molecule has 2 N–H and O–H groups in total. The lowest BCUT2D eigenvalue weighted by molar-refractivity contribution is 0.329. The van der Waals surface area contributed by atoms with Crippen LogP contribution in [-0.2, 0) is 0 Å². The summed E-state index contributed by atoms with van der Waals surface area (Å²) in [6, 6.07) is 16.8. The second kappa shape index (κ2) is 9.12. The number of ether oxygens (including phenoxy) is 2. The molecule has 0 aliphatic heterocycles. The van der Waals surface area contributed by atoms with Gasteiger partial charge in [-0.3, -0.25) is 5.43 Å². The Labute approximate surface area is 145 Å². The minimum absolute atomic E-state index is 0.0369. The minimum Gasteiger partial charge on any atom is -0.493 e. The van der Waals surface area contributed by atoms with Crippen LogP contribution in [-0.4, -0.2) is 25.0 Å². The third kappa shape index (κ3) is 5.26. The highest BCUT2D eigenvalue weighted by molar-refractivity contribution is 7.80. The number of hydrogen-bond acceptors (Lipinski definition) is 5. The fraction of sp³-hybridized carbons (Fsp3) is 0.118. The van der Waals surface area contributed by atoms with Crippen LogP contribution in [0.25, 0.3) is 0 Å². The van der Waals surface area contributed by atoms with Gasteiger partial charge in [0.05, 0.1) is 13.3 Å². The van der Waals surface area contributed by atoms with Crippen LogP contribution in [0.1, 0.15) is 5.56 Å². The van der Waals surface area contributed by atoms with Gasteiger partial charge in [0.25, 0.3) is 0 Å². The van der Waals surface area contributed by atoms with E-state index in [1.165, 1.54) is 7.11 Å². The number of thiocarbonyl (C=S) groups is 1. The average Bonchev–Trinajstić information content (AvgIpc) is 2.61. The quantitative estimate of drug-likeness (QED) is 0.478. The van der Waals surface area contributed by atoms with Crippen molar-refractivity contribution in [2.24, 2.45) is 5.10 Å². The molecular weight excluding hydrogens is 324 g/mol. The van der Waals surface area contributed by atoms with E-state index in [0.717, 1.165) is 11.3 Å². The van der Waals surface area contributed by atoms with Gasteiger partial charge < -0.3 is 14.8 Å². The van der Waals surface area contributed by atoms with E-state index in [9.17, 15) is 0 Å². The zero-order valence-electron chi connectivity index (χ0n) is 13.0. The summed E-state index contributed by atoms with van der Waals surface area (Å²) in [4.78, 5) is 0. The van der Waals surface area contributed by atoms with E-state index in [-0.39, 0.29) is 6.61 Å². The third-order valence-electron chi connectivity index (χ3n) is 2.89. The van der Waals surface area contributed by atoms with Crippen LogP contribution in [0.4, 0.5) is 5.69 Å². The number of nitriles is 1. The molecule has 0 aliphatic rings. The van der Waals surface area contributed by atoms with Gasteiger partial charge in [-0.15, -0.1) is 0 Å². The van der Waals surface area contributed by atoms with Crippen LogP contribution in [0.3, 0.4) is 0 Å². The lowest BCUT2D eigenvalue weighted by Gasteiger charge is -2.09. The average molecular weight is 340 g/mol. The summed E-state index contributed by atoms with van der Waals surface area (Å²) in [5.74, 6) is 1.03. The van der Waals surface area contributed by atoms with Gasteiger partial charge in [-0.05, 0) is 48.1 Å². The second-order valence-electron chi connectivity index (χ2n) is 4.55. The SMILES string of the molecule is COc1cc(/C=N\NC(=S)Nc2ccccc2)ccc1OCC#N. The first-order valence-electron chi connectivity index (χ1n) is 7.06. The maximum atomic E-state index is 8.56. The first kappa shape index (κ1) is 17.2. The Morgan fingerprint density at radius 2 is 2.04 bits per heavy atom. The predicted octanol–water partition coefficient (Wildman–Crippen LogP) is 2.92. The molecule has 0 spiro atoms. The van der Waals surface area contributed by atoms with Gasteiger partial charge in [0, 0.05) is 5.69 Å². The molecule has 24 heavy (non-hydrogen) atoms. The van der Waals surface area contributed by atoms with E-state index < -0.39 is 0 Å². The number of nitrogens with zero attached hydrogens (tertiary/aromatic N) is 2. The van der Waals surface area contributed by atoms with E-state index in [4.69, 9.17) is 27.0 Å². The predicted molar refractivity (Wildman–Crippen MR) is 97.5 cm³/mol. The summed E-state index contributed by atoms with van der Waals surface area (Å²) in [7, 11) is 1.53. The van der Waals surface area contributed by atoms with E-state index in [1.54, 1.807) is 24.4 Å². The molecule has 6 nitrogen and oxygen atoms in total. The van der Waals surface area contributed by atoms with Gasteiger partial charge in [-0.2, -0.15) is 10.4 Å². The van der Waals surface area contributed by atoms with Crippen LogP contribution in [0.5, 0.6) is 11.5 Å². The topological polar surface area (TPSA) is 78.7 Å². The number of hydrogen-bond donors (Lipinski definition) is 2. The number of benzene rings is 2. The number of hydrazone groups is 1. The fourth-order valence-electron chi connectivity index (χ4n) is 1.84. The molecular formula is C17H16N4O2S. The molecule has 0 atom stereocenters. The Balaban J connectivity index is 1.94. The molecule has 0 amide bonds. The Morgan fingerprint density at radius 3 is 2.75 bits per heavy atom. The summed E-state index contributed by atoms with van der Waals surface area (Å²) in [6.07, 6.45) is 1.61. The highest BCUT2D eigenvalue weighted by Gasteiger charge is 2.04.